The Morgan fingerprint density at radius 2 is 1.93 bits per heavy atom. The van der Waals surface area contributed by atoms with Crippen LogP contribution in [0, 0.1) is 19.3 Å². The van der Waals surface area contributed by atoms with Crippen molar-refractivity contribution in [3.8, 4) is 0 Å². The van der Waals surface area contributed by atoms with Crippen molar-refractivity contribution in [2.75, 3.05) is 18.8 Å². The van der Waals surface area contributed by atoms with Crippen LogP contribution < -0.4 is 5.73 Å². The molecule has 2 aromatic carbocycles. The molecule has 4 nitrogen and oxygen atoms in total. The Hall–Kier alpha value is -2.43. The molecule has 0 bridgehead atoms. The van der Waals surface area contributed by atoms with Gasteiger partial charge in [-0.3, -0.25) is 4.90 Å². The molecule has 1 saturated heterocycles. The van der Waals surface area contributed by atoms with Crippen LogP contribution in [0.3, 0.4) is 0 Å². The van der Waals surface area contributed by atoms with Gasteiger partial charge in [0.05, 0.1) is 0 Å². The lowest BCUT2D eigenvalue weighted by Gasteiger charge is -2.22. The standard InChI is InChI=1S/C26H35N3O/c1-4-20-6-5-12-29(13-11-20)17-23-10-9-22(14-19(23)3)26(30)25(28)16-21-8-7-18(2)24(27)15-21/h4,7-10,14-15,26,28,30H,5-6,11-13,16-17,27H2,1-3H3. The predicted molar refractivity (Wildman–Crippen MR) is 126 cm³/mol. The lowest BCUT2D eigenvalue weighted by molar-refractivity contribution is 0.244. The van der Waals surface area contributed by atoms with Gasteiger partial charge < -0.3 is 16.2 Å². The zero-order chi connectivity index (χ0) is 21.7. The Kier molecular flexibility index (Phi) is 7.46. The quantitative estimate of drug-likeness (QED) is 0.355. The molecule has 0 spiro atoms. The fraction of sp³-hybridized carbons (Fsp3) is 0.423. The minimum atomic E-state index is -0.893. The van der Waals surface area contributed by atoms with Crippen molar-refractivity contribution in [1.29, 1.82) is 5.41 Å². The average molecular weight is 406 g/mol. The number of rotatable bonds is 6. The Morgan fingerprint density at radius 1 is 1.13 bits per heavy atom. The highest BCUT2D eigenvalue weighted by atomic mass is 16.3. The lowest BCUT2D eigenvalue weighted by atomic mass is 9.95. The first kappa shape index (κ1) is 22.3. The molecule has 0 aromatic heterocycles. The number of likely N-dealkylation sites (tertiary alicyclic amines) is 1. The molecule has 0 radical (unpaired) electrons. The van der Waals surface area contributed by atoms with E-state index in [1.54, 1.807) is 5.57 Å². The average Bonchev–Trinajstić information content (AvgIpc) is 2.96. The van der Waals surface area contributed by atoms with E-state index in [1.807, 2.05) is 37.3 Å². The molecule has 0 amide bonds. The van der Waals surface area contributed by atoms with Gasteiger partial charge in [-0.2, -0.15) is 0 Å². The van der Waals surface area contributed by atoms with Crippen LogP contribution in [-0.2, 0) is 13.0 Å². The van der Waals surface area contributed by atoms with Gasteiger partial charge >= 0.3 is 0 Å². The summed E-state index contributed by atoms with van der Waals surface area (Å²) in [6.07, 6.45) is 5.36. The van der Waals surface area contributed by atoms with Crippen LogP contribution in [0.25, 0.3) is 0 Å². The van der Waals surface area contributed by atoms with E-state index in [2.05, 4.69) is 30.9 Å². The number of benzene rings is 2. The summed E-state index contributed by atoms with van der Waals surface area (Å²) in [7, 11) is 0. The number of nitrogens with two attached hydrogens (primary N) is 1. The Bertz CT molecular complexity index is 932. The second kappa shape index (κ2) is 10.1. The molecule has 160 valence electrons. The van der Waals surface area contributed by atoms with Crippen LogP contribution in [0.1, 0.15) is 60.1 Å². The molecule has 0 saturated carbocycles. The number of anilines is 1. The van der Waals surface area contributed by atoms with E-state index in [0.29, 0.717) is 6.42 Å². The normalized spacial score (nSPS) is 17.7. The Labute approximate surface area is 180 Å². The number of nitrogens with zero attached hydrogens (tertiary/aromatic N) is 1. The minimum absolute atomic E-state index is 0.289. The van der Waals surface area contributed by atoms with E-state index < -0.39 is 6.10 Å². The number of aryl methyl sites for hydroxylation is 2. The number of allylic oxidation sites excluding steroid dienone is 1. The predicted octanol–water partition coefficient (Wildman–Crippen LogP) is 5.11. The third-order valence-corrected chi connectivity index (χ3v) is 6.27. The smallest absolute Gasteiger partial charge is 0.117 e. The topological polar surface area (TPSA) is 73.3 Å². The minimum Gasteiger partial charge on any atom is -0.399 e. The number of hydrogen-bond acceptors (Lipinski definition) is 4. The molecule has 1 heterocycles. The van der Waals surface area contributed by atoms with Crippen molar-refractivity contribution in [2.45, 2.75) is 59.1 Å². The van der Waals surface area contributed by atoms with Crippen molar-refractivity contribution in [3.05, 3.63) is 75.9 Å². The highest BCUT2D eigenvalue weighted by molar-refractivity contribution is 5.88. The molecular formula is C26H35N3O. The van der Waals surface area contributed by atoms with Crippen molar-refractivity contribution >= 4 is 11.4 Å². The van der Waals surface area contributed by atoms with Gasteiger partial charge in [0.2, 0.25) is 0 Å². The zero-order valence-electron chi connectivity index (χ0n) is 18.5. The maximum absolute atomic E-state index is 10.7. The highest BCUT2D eigenvalue weighted by Gasteiger charge is 2.17. The number of nitrogens with one attached hydrogen (secondary N) is 1. The maximum Gasteiger partial charge on any atom is 0.117 e. The number of aliphatic hydroxyl groups excluding tert-OH is 1. The van der Waals surface area contributed by atoms with Crippen LogP contribution in [0.5, 0.6) is 0 Å². The molecule has 0 aliphatic carbocycles. The largest absolute Gasteiger partial charge is 0.399 e. The molecule has 1 aliphatic rings. The number of nitrogen functional groups attached to an aromatic ring is 1. The molecular weight excluding hydrogens is 370 g/mol. The van der Waals surface area contributed by atoms with Crippen molar-refractivity contribution in [1.82, 2.24) is 4.90 Å². The summed E-state index contributed by atoms with van der Waals surface area (Å²) in [5, 5.41) is 19.1. The number of aliphatic hydroxyl groups is 1. The molecule has 2 aromatic rings. The van der Waals surface area contributed by atoms with E-state index in [1.165, 1.54) is 24.0 Å². The Morgan fingerprint density at radius 3 is 2.63 bits per heavy atom. The lowest BCUT2D eigenvalue weighted by Crippen LogP contribution is -2.24. The molecule has 3 rings (SSSR count). The fourth-order valence-corrected chi connectivity index (χ4v) is 4.14. The molecule has 1 atom stereocenters. The van der Waals surface area contributed by atoms with Gasteiger partial charge in [-0.25, -0.2) is 0 Å². The second-order valence-corrected chi connectivity index (χ2v) is 8.56. The zero-order valence-corrected chi connectivity index (χ0v) is 18.5. The van der Waals surface area contributed by atoms with Gasteiger partial charge in [-0.15, -0.1) is 0 Å². The first-order chi connectivity index (χ1) is 14.4. The maximum atomic E-state index is 10.7. The van der Waals surface area contributed by atoms with Gasteiger partial charge in [0, 0.05) is 30.9 Å². The van der Waals surface area contributed by atoms with Gasteiger partial charge in [0.25, 0.3) is 0 Å². The van der Waals surface area contributed by atoms with Gasteiger partial charge in [-0.05, 0) is 80.5 Å². The second-order valence-electron chi connectivity index (χ2n) is 8.56. The van der Waals surface area contributed by atoms with Crippen LogP contribution in [0.2, 0.25) is 0 Å². The van der Waals surface area contributed by atoms with E-state index in [4.69, 9.17) is 11.1 Å². The number of hydrogen-bond donors (Lipinski definition) is 3. The summed E-state index contributed by atoms with van der Waals surface area (Å²) in [4.78, 5) is 2.53. The molecule has 1 fully saturated rings. The van der Waals surface area contributed by atoms with E-state index in [9.17, 15) is 5.11 Å². The van der Waals surface area contributed by atoms with Gasteiger partial charge in [0.15, 0.2) is 0 Å². The van der Waals surface area contributed by atoms with Gasteiger partial charge in [0.1, 0.15) is 6.10 Å². The van der Waals surface area contributed by atoms with E-state index >= 15 is 0 Å². The van der Waals surface area contributed by atoms with Crippen LogP contribution >= 0.6 is 0 Å². The fourth-order valence-electron chi connectivity index (χ4n) is 4.14. The third-order valence-electron chi connectivity index (χ3n) is 6.27. The molecule has 1 aliphatic heterocycles. The third kappa shape index (κ3) is 5.59. The molecule has 4 heteroatoms. The van der Waals surface area contributed by atoms with Crippen LogP contribution in [0.4, 0.5) is 5.69 Å². The van der Waals surface area contributed by atoms with Crippen molar-refractivity contribution in [3.63, 3.8) is 0 Å². The van der Waals surface area contributed by atoms with Crippen molar-refractivity contribution in [2.24, 2.45) is 0 Å². The van der Waals surface area contributed by atoms with E-state index in [-0.39, 0.29) is 5.71 Å². The molecule has 30 heavy (non-hydrogen) atoms. The van der Waals surface area contributed by atoms with Crippen LogP contribution in [-0.4, -0.2) is 28.8 Å². The Balaban J connectivity index is 1.64. The summed E-state index contributed by atoms with van der Waals surface area (Å²) < 4.78 is 0. The van der Waals surface area contributed by atoms with E-state index in [0.717, 1.165) is 48.4 Å². The SMILES string of the molecule is CC=C1CCCN(Cc2ccc(C(O)C(=N)Cc3ccc(C)c(N)c3)cc2C)CC1. The summed E-state index contributed by atoms with van der Waals surface area (Å²) in [5.74, 6) is 0. The first-order valence-electron chi connectivity index (χ1n) is 10.9. The summed E-state index contributed by atoms with van der Waals surface area (Å²) in [5.41, 5.74) is 13.8. The summed E-state index contributed by atoms with van der Waals surface area (Å²) in [6, 6.07) is 12.0. The summed E-state index contributed by atoms with van der Waals surface area (Å²) in [6.45, 7) is 9.39. The molecule has 1 unspecified atom stereocenters. The van der Waals surface area contributed by atoms with Crippen molar-refractivity contribution < 1.29 is 5.11 Å². The van der Waals surface area contributed by atoms with Crippen LogP contribution in [0.15, 0.2) is 48.0 Å². The first-order valence-corrected chi connectivity index (χ1v) is 10.9. The highest BCUT2D eigenvalue weighted by Crippen LogP contribution is 2.24. The monoisotopic (exact) mass is 405 g/mol. The molecule has 4 N–H and O–H groups in total. The van der Waals surface area contributed by atoms with Gasteiger partial charge in [-0.1, -0.05) is 42.0 Å². The summed E-state index contributed by atoms with van der Waals surface area (Å²) >= 11 is 0.